The normalized spacial score (nSPS) is 14.8. The van der Waals surface area contributed by atoms with E-state index < -0.39 is 0 Å². The summed E-state index contributed by atoms with van der Waals surface area (Å²) in [6.07, 6.45) is 3.46. The minimum Gasteiger partial charge on any atom is -0.369 e. The van der Waals surface area contributed by atoms with Crippen LogP contribution in [0.3, 0.4) is 0 Å². The number of hydrogen-bond acceptors (Lipinski definition) is 4. The Hall–Kier alpha value is -3.38. The number of aryl methyl sites for hydroxylation is 1. The van der Waals surface area contributed by atoms with Gasteiger partial charge in [-0.3, -0.25) is 4.79 Å². The van der Waals surface area contributed by atoms with Crippen molar-refractivity contribution in [3.05, 3.63) is 83.2 Å². The molecule has 0 spiro atoms. The maximum atomic E-state index is 12.6. The first kappa shape index (κ1) is 21.8. The van der Waals surface area contributed by atoms with E-state index in [1.54, 1.807) is 6.08 Å². The second kappa shape index (κ2) is 9.83. The highest BCUT2D eigenvalue weighted by Gasteiger charge is 2.17. The maximum absolute atomic E-state index is 12.6. The Morgan fingerprint density at radius 1 is 1.00 bits per heavy atom. The number of anilines is 1. The highest BCUT2D eigenvalue weighted by atomic mass is 16.1. The van der Waals surface area contributed by atoms with E-state index in [1.165, 1.54) is 5.69 Å². The van der Waals surface area contributed by atoms with E-state index in [9.17, 15) is 4.79 Å². The monoisotopic (exact) mass is 429 g/mol. The van der Waals surface area contributed by atoms with Gasteiger partial charge in [0.15, 0.2) is 0 Å². The number of nitrogens with zero attached hydrogens (tertiary/aromatic N) is 4. The van der Waals surface area contributed by atoms with Crippen molar-refractivity contribution >= 4 is 17.7 Å². The summed E-state index contributed by atoms with van der Waals surface area (Å²) < 4.78 is 1.92. The van der Waals surface area contributed by atoms with Crippen molar-refractivity contribution in [3.8, 4) is 5.69 Å². The number of para-hydroxylation sites is 2. The lowest BCUT2D eigenvalue weighted by molar-refractivity contribution is -0.116. The first-order valence-electron chi connectivity index (χ1n) is 11.1. The maximum Gasteiger partial charge on any atom is 0.244 e. The van der Waals surface area contributed by atoms with E-state index in [0.29, 0.717) is 6.54 Å². The molecule has 0 atom stereocenters. The minimum atomic E-state index is -0.107. The van der Waals surface area contributed by atoms with Gasteiger partial charge in [-0.05, 0) is 50.7 Å². The van der Waals surface area contributed by atoms with Gasteiger partial charge < -0.3 is 15.1 Å². The molecule has 0 bridgehead atoms. The highest BCUT2D eigenvalue weighted by molar-refractivity contribution is 5.92. The molecule has 0 radical (unpaired) electrons. The van der Waals surface area contributed by atoms with Crippen LogP contribution in [-0.2, 0) is 11.3 Å². The largest absolute Gasteiger partial charge is 0.369 e. The van der Waals surface area contributed by atoms with E-state index in [1.807, 2.05) is 61.0 Å². The Bertz CT molecular complexity index is 1090. The summed E-state index contributed by atoms with van der Waals surface area (Å²) in [7, 11) is 2.16. The Labute approximate surface area is 190 Å². The molecule has 0 unspecified atom stereocenters. The second-order valence-corrected chi connectivity index (χ2v) is 8.30. The predicted octanol–water partition coefficient (Wildman–Crippen LogP) is 3.57. The third-order valence-electron chi connectivity index (χ3n) is 6.04. The Balaban J connectivity index is 1.42. The number of carbonyl (C=O) groups excluding carboxylic acids is 1. The molecule has 1 N–H and O–H groups in total. The van der Waals surface area contributed by atoms with Crippen LogP contribution in [0.5, 0.6) is 0 Å². The molecule has 4 rings (SSSR count). The zero-order chi connectivity index (χ0) is 22.5. The van der Waals surface area contributed by atoms with Crippen LogP contribution in [0, 0.1) is 13.8 Å². The summed E-state index contributed by atoms with van der Waals surface area (Å²) in [6.45, 7) is 8.62. The summed E-state index contributed by atoms with van der Waals surface area (Å²) >= 11 is 0. The fourth-order valence-electron chi connectivity index (χ4n) is 4.13. The van der Waals surface area contributed by atoms with E-state index in [0.717, 1.165) is 54.4 Å². The molecule has 6 heteroatoms. The fraction of sp³-hybridized carbons (Fsp3) is 0.308. The van der Waals surface area contributed by atoms with Gasteiger partial charge in [0.05, 0.1) is 11.4 Å². The lowest BCUT2D eigenvalue weighted by Gasteiger charge is -2.35. The van der Waals surface area contributed by atoms with Crippen molar-refractivity contribution in [1.82, 2.24) is 20.0 Å². The molecule has 6 nitrogen and oxygen atoms in total. The quantitative estimate of drug-likeness (QED) is 0.609. The Kier molecular flexibility index (Phi) is 6.71. The second-order valence-electron chi connectivity index (χ2n) is 8.30. The number of carbonyl (C=O) groups is 1. The molecular formula is C26H31N5O. The third-order valence-corrected chi connectivity index (χ3v) is 6.04. The topological polar surface area (TPSA) is 53.4 Å². The summed E-state index contributed by atoms with van der Waals surface area (Å²) in [5, 5.41) is 7.69. The summed E-state index contributed by atoms with van der Waals surface area (Å²) in [6, 6.07) is 18.4. The standard InChI is InChI=1S/C26H31N5O/c1-20-24(21(2)31(28-20)23-10-5-4-6-11-23)13-14-26(32)27-19-22-9-7-8-12-25(22)30-17-15-29(3)16-18-30/h4-14H,15-19H2,1-3H3,(H,27,32)/b14-13+. The van der Waals surface area contributed by atoms with E-state index in [2.05, 4.69) is 45.5 Å². The Morgan fingerprint density at radius 3 is 2.44 bits per heavy atom. The van der Waals surface area contributed by atoms with E-state index >= 15 is 0 Å². The van der Waals surface area contributed by atoms with Crippen LogP contribution in [0.1, 0.15) is 22.5 Å². The lowest BCUT2D eigenvalue weighted by atomic mass is 10.1. The molecule has 0 saturated carbocycles. The van der Waals surface area contributed by atoms with Crippen LogP contribution in [0.15, 0.2) is 60.7 Å². The van der Waals surface area contributed by atoms with Crippen molar-refractivity contribution in [1.29, 1.82) is 0 Å². The van der Waals surface area contributed by atoms with Gasteiger partial charge in [-0.1, -0.05) is 36.4 Å². The number of piperazine rings is 1. The summed E-state index contributed by atoms with van der Waals surface area (Å²) in [5.74, 6) is -0.107. The van der Waals surface area contributed by atoms with Gasteiger partial charge in [0, 0.05) is 55.7 Å². The molecule has 1 amide bonds. The van der Waals surface area contributed by atoms with Crippen molar-refractivity contribution in [2.45, 2.75) is 20.4 Å². The van der Waals surface area contributed by atoms with Crippen LogP contribution in [0.25, 0.3) is 11.8 Å². The van der Waals surface area contributed by atoms with Crippen LogP contribution >= 0.6 is 0 Å². The highest BCUT2D eigenvalue weighted by Crippen LogP contribution is 2.22. The van der Waals surface area contributed by atoms with Gasteiger partial charge in [-0.25, -0.2) is 4.68 Å². The number of amides is 1. The number of nitrogens with one attached hydrogen (secondary N) is 1. The van der Waals surface area contributed by atoms with Crippen molar-refractivity contribution in [3.63, 3.8) is 0 Å². The van der Waals surface area contributed by atoms with Crippen LogP contribution in [-0.4, -0.2) is 53.8 Å². The van der Waals surface area contributed by atoms with Gasteiger partial charge >= 0.3 is 0 Å². The number of benzene rings is 2. The molecule has 1 aliphatic heterocycles. The fourth-order valence-corrected chi connectivity index (χ4v) is 4.13. The zero-order valence-corrected chi connectivity index (χ0v) is 19.1. The van der Waals surface area contributed by atoms with Gasteiger partial charge in [0.1, 0.15) is 0 Å². The van der Waals surface area contributed by atoms with Crippen LogP contribution < -0.4 is 10.2 Å². The molecule has 1 fully saturated rings. The molecule has 2 aromatic carbocycles. The van der Waals surface area contributed by atoms with Crippen LogP contribution in [0.4, 0.5) is 5.69 Å². The molecule has 1 saturated heterocycles. The molecule has 2 heterocycles. The van der Waals surface area contributed by atoms with Crippen LogP contribution in [0.2, 0.25) is 0 Å². The first-order valence-corrected chi connectivity index (χ1v) is 11.1. The molecular weight excluding hydrogens is 398 g/mol. The van der Waals surface area contributed by atoms with Gasteiger partial charge in [-0.15, -0.1) is 0 Å². The summed E-state index contributed by atoms with van der Waals surface area (Å²) in [4.78, 5) is 17.3. The predicted molar refractivity (Wildman–Crippen MR) is 130 cm³/mol. The number of aromatic nitrogens is 2. The first-order chi connectivity index (χ1) is 15.5. The average Bonchev–Trinajstić information content (AvgIpc) is 3.11. The third kappa shape index (κ3) is 4.92. The number of rotatable bonds is 6. The smallest absolute Gasteiger partial charge is 0.244 e. The van der Waals surface area contributed by atoms with Gasteiger partial charge in [0.2, 0.25) is 5.91 Å². The molecule has 32 heavy (non-hydrogen) atoms. The molecule has 3 aromatic rings. The van der Waals surface area contributed by atoms with Crippen molar-refractivity contribution < 1.29 is 4.79 Å². The van der Waals surface area contributed by atoms with Crippen molar-refractivity contribution in [2.75, 3.05) is 38.1 Å². The van der Waals surface area contributed by atoms with Gasteiger partial charge in [0.25, 0.3) is 0 Å². The summed E-state index contributed by atoms with van der Waals surface area (Å²) in [5.41, 5.74) is 6.25. The number of hydrogen-bond donors (Lipinski definition) is 1. The number of likely N-dealkylation sites (N-methyl/N-ethyl adjacent to an activating group) is 1. The molecule has 0 aliphatic carbocycles. The minimum absolute atomic E-state index is 0.107. The molecule has 1 aliphatic rings. The average molecular weight is 430 g/mol. The Morgan fingerprint density at radius 2 is 1.69 bits per heavy atom. The SMILES string of the molecule is Cc1nn(-c2ccccc2)c(C)c1/C=C/C(=O)NCc1ccccc1N1CCN(C)CC1. The molecule has 1 aromatic heterocycles. The molecule has 166 valence electrons. The lowest BCUT2D eigenvalue weighted by Crippen LogP contribution is -2.45. The van der Waals surface area contributed by atoms with Gasteiger partial charge in [-0.2, -0.15) is 5.10 Å². The zero-order valence-electron chi connectivity index (χ0n) is 19.1. The van der Waals surface area contributed by atoms with Crippen molar-refractivity contribution in [2.24, 2.45) is 0 Å². The van der Waals surface area contributed by atoms with E-state index in [-0.39, 0.29) is 5.91 Å². The van der Waals surface area contributed by atoms with E-state index in [4.69, 9.17) is 0 Å².